The number of nitrogens with one attached hydrogen (secondary N) is 1. The van der Waals surface area contributed by atoms with Gasteiger partial charge in [0, 0.05) is 38.8 Å². The molecule has 0 aromatic carbocycles. The summed E-state index contributed by atoms with van der Waals surface area (Å²) in [6, 6.07) is 2.51. The van der Waals surface area contributed by atoms with E-state index < -0.39 is 0 Å². The third-order valence-corrected chi connectivity index (χ3v) is 5.70. The normalized spacial score (nSPS) is 24.8. The van der Waals surface area contributed by atoms with Crippen LogP contribution in [0.15, 0.2) is 0 Å². The standard InChI is InChI=1S/C18H29N5O2/c19-13-16-7-4-9-22(16)17(24)14-20-8-10-21-11-12-23(18(21)25)15-5-2-1-3-6-15/h15-16,20H,1-12,14H2/t16-/m1/s1. The quantitative estimate of drug-likeness (QED) is 0.731. The second kappa shape index (κ2) is 8.52. The SMILES string of the molecule is N#C[C@H]1CCCN1C(=O)CNCCN1CCN(C2CCCCC2)C1=O. The van der Waals surface area contributed by atoms with Crippen molar-refractivity contribution in [3.63, 3.8) is 0 Å². The number of carbonyl (C=O) groups excluding carboxylic acids is 2. The summed E-state index contributed by atoms with van der Waals surface area (Å²) in [5, 5.41) is 12.2. The van der Waals surface area contributed by atoms with Crippen LogP contribution in [0.2, 0.25) is 0 Å². The Morgan fingerprint density at radius 3 is 2.68 bits per heavy atom. The Kier molecular flexibility index (Phi) is 6.14. The van der Waals surface area contributed by atoms with Gasteiger partial charge in [0.2, 0.25) is 5.91 Å². The first-order chi connectivity index (χ1) is 12.2. The minimum absolute atomic E-state index is 0.0133. The number of rotatable bonds is 6. The second-order valence-electron chi connectivity index (χ2n) is 7.31. The summed E-state index contributed by atoms with van der Waals surface area (Å²) < 4.78 is 0. The lowest BCUT2D eigenvalue weighted by atomic mass is 9.94. The Morgan fingerprint density at radius 2 is 1.92 bits per heavy atom. The van der Waals surface area contributed by atoms with Crippen molar-refractivity contribution in [1.82, 2.24) is 20.0 Å². The van der Waals surface area contributed by atoms with Gasteiger partial charge in [-0.05, 0) is 25.7 Å². The monoisotopic (exact) mass is 347 g/mol. The molecule has 2 aliphatic heterocycles. The molecule has 1 atom stereocenters. The average Bonchev–Trinajstić information content (AvgIpc) is 3.26. The summed E-state index contributed by atoms with van der Waals surface area (Å²) in [6.45, 7) is 3.79. The number of amides is 3. The Morgan fingerprint density at radius 1 is 1.12 bits per heavy atom. The number of urea groups is 1. The number of hydrogen-bond acceptors (Lipinski definition) is 4. The topological polar surface area (TPSA) is 79.7 Å². The smallest absolute Gasteiger partial charge is 0.320 e. The zero-order valence-corrected chi connectivity index (χ0v) is 15.0. The molecule has 0 aromatic rings. The summed E-state index contributed by atoms with van der Waals surface area (Å²) >= 11 is 0. The van der Waals surface area contributed by atoms with Crippen molar-refractivity contribution in [3.05, 3.63) is 0 Å². The van der Waals surface area contributed by atoms with Crippen LogP contribution in [0, 0.1) is 11.3 Å². The Hall–Kier alpha value is -1.81. The van der Waals surface area contributed by atoms with Gasteiger partial charge in [0.15, 0.2) is 0 Å². The van der Waals surface area contributed by atoms with Gasteiger partial charge < -0.3 is 20.0 Å². The zero-order chi connectivity index (χ0) is 17.6. The van der Waals surface area contributed by atoms with E-state index in [0.717, 1.165) is 38.8 Å². The second-order valence-corrected chi connectivity index (χ2v) is 7.31. The maximum absolute atomic E-state index is 12.5. The van der Waals surface area contributed by atoms with Gasteiger partial charge in [-0.15, -0.1) is 0 Å². The van der Waals surface area contributed by atoms with Gasteiger partial charge in [0.1, 0.15) is 6.04 Å². The van der Waals surface area contributed by atoms with E-state index in [4.69, 9.17) is 5.26 Å². The largest absolute Gasteiger partial charge is 0.326 e. The van der Waals surface area contributed by atoms with E-state index >= 15 is 0 Å². The van der Waals surface area contributed by atoms with Crippen LogP contribution in [0.4, 0.5) is 4.79 Å². The van der Waals surface area contributed by atoms with Crippen LogP contribution >= 0.6 is 0 Å². The first-order valence-electron chi connectivity index (χ1n) is 9.66. The molecule has 25 heavy (non-hydrogen) atoms. The predicted molar refractivity (Wildman–Crippen MR) is 93.8 cm³/mol. The lowest BCUT2D eigenvalue weighted by Crippen LogP contribution is -2.44. The lowest BCUT2D eigenvalue weighted by molar-refractivity contribution is -0.130. The van der Waals surface area contributed by atoms with E-state index in [-0.39, 0.29) is 24.5 Å². The third kappa shape index (κ3) is 4.24. The Labute approximate surface area is 149 Å². The summed E-state index contributed by atoms with van der Waals surface area (Å²) in [5.74, 6) is -0.0133. The van der Waals surface area contributed by atoms with Crippen molar-refractivity contribution in [2.45, 2.75) is 57.0 Å². The van der Waals surface area contributed by atoms with Gasteiger partial charge >= 0.3 is 6.03 Å². The molecule has 3 aliphatic rings. The predicted octanol–water partition coefficient (Wildman–Crippen LogP) is 1.16. The summed E-state index contributed by atoms with van der Waals surface area (Å²) in [6.07, 6.45) is 7.73. The number of nitrogens with zero attached hydrogens (tertiary/aromatic N) is 4. The molecule has 0 aromatic heterocycles. The minimum atomic E-state index is -0.265. The van der Waals surface area contributed by atoms with Gasteiger partial charge in [0.05, 0.1) is 12.6 Å². The highest BCUT2D eigenvalue weighted by molar-refractivity contribution is 5.79. The Balaban J connectivity index is 1.36. The lowest BCUT2D eigenvalue weighted by Gasteiger charge is -2.30. The fourth-order valence-corrected chi connectivity index (χ4v) is 4.25. The number of carbonyl (C=O) groups is 2. The van der Waals surface area contributed by atoms with E-state index in [2.05, 4.69) is 11.4 Å². The van der Waals surface area contributed by atoms with Gasteiger partial charge in [0.25, 0.3) is 0 Å². The van der Waals surface area contributed by atoms with Crippen molar-refractivity contribution in [3.8, 4) is 6.07 Å². The molecule has 3 amide bonds. The highest BCUT2D eigenvalue weighted by Crippen LogP contribution is 2.25. The van der Waals surface area contributed by atoms with Gasteiger partial charge in [-0.3, -0.25) is 4.79 Å². The first kappa shape index (κ1) is 18.0. The van der Waals surface area contributed by atoms with Crippen molar-refractivity contribution in [2.24, 2.45) is 0 Å². The summed E-state index contributed by atoms with van der Waals surface area (Å²) in [7, 11) is 0. The van der Waals surface area contributed by atoms with E-state index in [1.165, 1.54) is 19.3 Å². The maximum atomic E-state index is 12.5. The molecule has 7 nitrogen and oxygen atoms in total. The van der Waals surface area contributed by atoms with Crippen LogP contribution in [0.5, 0.6) is 0 Å². The molecule has 0 spiro atoms. The minimum Gasteiger partial charge on any atom is -0.326 e. The molecular weight excluding hydrogens is 318 g/mol. The molecule has 2 saturated heterocycles. The summed E-state index contributed by atoms with van der Waals surface area (Å²) in [5.41, 5.74) is 0. The number of likely N-dealkylation sites (tertiary alicyclic amines) is 1. The zero-order valence-electron chi connectivity index (χ0n) is 15.0. The Bertz CT molecular complexity index is 526. The van der Waals surface area contributed by atoms with Crippen LogP contribution in [0.25, 0.3) is 0 Å². The molecule has 0 radical (unpaired) electrons. The highest BCUT2D eigenvalue weighted by atomic mass is 16.2. The van der Waals surface area contributed by atoms with Crippen molar-refractivity contribution < 1.29 is 9.59 Å². The van der Waals surface area contributed by atoms with E-state index in [9.17, 15) is 9.59 Å². The molecule has 7 heteroatoms. The van der Waals surface area contributed by atoms with Crippen molar-refractivity contribution in [1.29, 1.82) is 5.26 Å². The van der Waals surface area contributed by atoms with Gasteiger partial charge in [-0.1, -0.05) is 19.3 Å². The molecule has 1 aliphatic carbocycles. The van der Waals surface area contributed by atoms with Crippen LogP contribution in [-0.2, 0) is 4.79 Å². The van der Waals surface area contributed by atoms with Crippen molar-refractivity contribution in [2.75, 3.05) is 39.3 Å². The molecular formula is C18H29N5O2. The van der Waals surface area contributed by atoms with Gasteiger partial charge in [-0.2, -0.15) is 5.26 Å². The molecule has 1 saturated carbocycles. The molecule has 0 unspecified atom stereocenters. The maximum Gasteiger partial charge on any atom is 0.320 e. The number of hydrogen-bond donors (Lipinski definition) is 1. The molecule has 0 bridgehead atoms. The third-order valence-electron chi connectivity index (χ3n) is 5.70. The van der Waals surface area contributed by atoms with Gasteiger partial charge in [-0.25, -0.2) is 4.79 Å². The summed E-state index contributed by atoms with van der Waals surface area (Å²) in [4.78, 5) is 30.3. The van der Waals surface area contributed by atoms with Crippen molar-refractivity contribution >= 4 is 11.9 Å². The fraction of sp³-hybridized carbons (Fsp3) is 0.833. The van der Waals surface area contributed by atoms with Crippen LogP contribution < -0.4 is 5.32 Å². The molecule has 1 N–H and O–H groups in total. The average molecular weight is 347 g/mol. The first-order valence-corrected chi connectivity index (χ1v) is 9.66. The van der Waals surface area contributed by atoms with Crippen LogP contribution in [0.1, 0.15) is 44.9 Å². The van der Waals surface area contributed by atoms with Crippen LogP contribution in [0.3, 0.4) is 0 Å². The molecule has 3 rings (SSSR count). The molecule has 2 heterocycles. The number of nitriles is 1. The van der Waals surface area contributed by atoms with Crippen LogP contribution in [-0.4, -0.2) is 78.0 Å². The molecule has 3 fully saturated rings. The van der Waals surface area contributed by atoms with E-state index in [1.807, 2.05) is 9.80 Å². The van der Waals surface area contributed by atoms with E-state index in [1.54, 1.807) is 4.90 Å². The fourth-order valence-electron chi connectivity index (χ4n) is 4.25. The van der Waals surface area contributed by atoms with E-state index in [0.29, 0.717) is 25.7 Å². The highest BCUT2D eigenvalue weighted by Gasteiger charge is 2.34. The molecule has 138 valence electrons.